The molecule has 0 bridgehead atoms. The minimum absolute atomic E-state index is 0.531. The van der Waals surface area contributed by atoms with Crippen LogP contribution in [-0.2, 0) is 0 Å². The first kappa shape index (κ1) is 11.9. The molecule has 3 nitrogen and oxygen atoms in total. The third kappa shape index (κ3) is 2.74. The summed E-state index contributed by atoms with van der Waals surface area (Å²) in [4.78, 5) is 4.17. The largest absolute Gasteiger partial charge is 0.497 e. The number of aromatic nitrogens is 1. The van der Waals surface area contributed by atoms with Crippen LogP contribution in [-0.4, -0.2) is 12.1 Å². The van der Waals surface area contributed by atoms with E-state index in [1.54, 1.807) is 19.4 Å². The summed E-state index contributed by atoms with van der Waals surface area (Å²) in [5, 5.41) is 9.18. The van der Waals surface area contributed by atoms with Gasteiger partial charge in [0.2, 0.25) is 0 Å². The van der Waals surface area contributed by atoms with Gasteiger partial charge in [0.25, 0.3) is 0 Å². The number of hydrogen-bond acceptors (Lipinski definition) is 3. The van der Waals surface area contributed by atoms with E-state index in [1.165, 1.54) is 0 Å². The molecule has 0 saturated heterocycles. The summed E-state index contributed by atoms with van der Waals surface area (Å²) in [6.07, 6.45) is 3.47. The topological polar surface area (TPSA) is 45.9 Å². The van der Waals surface area contributed by atoms with Crippen LogP contribution >= 0.6 is 0 Å². The summed E-state index contributed by atoms with van der Waals surface area (Å²) in [5.74, 6) is 0.766. The molecule has 1 aromatic carbocycles. The zero-order valence-electron chi connectivity index (χ0n) is 10.00. The fraction of sp³-hybridized carbons (Fsp3) is 0.0667. The predicted octanol–water partition coefficient (Wildman–Crippen LogP) is 3.15. The summed E-state index contributed by atoms with van der Waals surface area (Å²) < 4.78 is 5.15. The van der Waals surface area contributed by atoms with E-state index in [0.29, 0.717) is 11.3 Å². The molecule has 0 spiro atoms. The first-order chi connectivity index (χ1) is 8.83. The monoisotopic (exact) mass is 236 g/mol. The second-order valence-corrected chi connectivity index (χ2v) is 3.66. The molecule has 0 unspecified atom stereocenters. The van der Waals surface area contributed by atoms with Crippen molar-refractivity contribution in [3.63, 3.8) is 0 Å². The van der Waals surface area contributed by atoms with E-state index in [0.717, 1.165) is 11.3 Å². The zero-order chi connectivity index (χ0) is 12.8. The molecule has 2 rings (SSSR count). The van der Waals surface area contributed by atoms with Gasteiger partial charge in [-0.3, -0.25) is 4.98 Å². The molecule has 1 aromatic heterocycles. The summed E-state index contributed by atoms with van der Waals surface area (Å²) in [6.45, 7) is 0. The van der Waals surface area contributed by atoms with E-state index in [1.807, 2.05) is 42.5 Å². The minimum atomic E-state index is 0.531. The van der Waals surface area contributed by atoms with E-state index in [2.05, 4.69) is 11.1 Å². The lowest BCUT2D eigenvalue weighted by atomic mass is 10.1. The van der Waals surface area contributed by atoms with Crippen molar-refractivity contribution in [2.45, 2.75) is 0 Å². The quantitative estimate of drug-likeness (QED) is 0.769. The summed E-state index contributed by atoms with van der Waals surface area (Å²) >= 11 is 0. The van der Waals surface area contributed by atoms with Crippen molar-refractivity contribution in [3.05, 3.63) is 59.9 Å². The molecule has 0 atom stereocenters. The highest BCUT2D eigenvalue weighted by atomic mass is 16.5. The lowest BCUT2D eigenvalue weighted by molar-refractivity contribution is 0.414. The third-order valence-corrected chi connectivity index (χ3v) is 2.47. The van der Waals surface area contributed by atoms with Gasteiger partial charge < -0.3 is 4.74 Å². The van der Waals surface area contributed by atoms with Crippen molar-refractivity contribution in [3.8, 4) is 11.8 Å². The lowest BCUT2D eigenvalue weighted by Crippen LogP contribution is -1.87. The fourth-order valence-electron chi connectivity index (χ4n) is 1.58. The van der Waals surface area contributed by atoms with Crippen LogP contribution in [0.2, 0.25) is 0 Å². The van der Waals surface area contributed by atoms with Crippen LogP contribution in [0.15, 0.2) is 48.7 Å². The molecule has 88 valence electrons. The Morgan fingerprint density at radius 3 is 2.83 bits per heavy atom. The SMILES string of the molecule is COc1cccc(C=C(C#N)c2ccccn2)c1. The number of ether oxygens (including phenoxy) is 1. The first-order valence-electron chi connectivity index (χ1n) is 5.51. The van der Waals surface area contributed by atoms with Gasteiger partial charge in [-0.2, -0.15) is 5.26 Å². The highest BCUT2D eigenvalue weighted by molar-refractivity contribution is 5.88. The molecule has 0 fully saturated rings. The number of hydrogen-bond donors (Lipinski definition) is 0. The van der Waals surface area contributed by atoms with Crippen LogP contribution < -0.4 is 4.74 Å². The standard InChI is InChI=1S/C15H12N2O/c1-18-14-6-4-5-12(10-14)9-13(11-16)15-7-2-3-8-17-15/h2-10H,1H3. The van der Waals surface area contributed by atoms with E-state index >= 15 is 0 Å². The molecule has 0 amide bonds. The Kier molecular flexibility index (Phi) is 3.72. The van der Waals surface area contributed by atoms with Crippen LogP contribution in [0.4, 0.5) is 0 Å². The number of nitriles is 1. The van der Waals surface area contributed by atoms with Gasteiger partial charge in [0.05, 0.1) is 18.4 Å². The number of pyridine rings is 1. The van der Waals surface area contributed by atoms with Crippen LogP contribution in [0.1, 0.15) is 11.3 Å². The van der Waals surface area contributed by atoms with Crippen molar-refractivity contribution in [1.29, 1.82) is 5.26 Å². The molecule has 1 heterocycles. The van der Waals surface area contributed by atoms with Gasteiger partial charge in [0.15, 0.2) is 0 Å². The van der Waals surface area contributed by atoms with Gasteiger partial charge in [-0.05, 0) is 35.9 Å². The number of allylic oxidation sites excluding steroid dienone is 1. The Bertz CT molecular complexity index is 597. The van der Waals surface area contributed by atoms with Crippen molar-refractivity contribution in [2.24, 2.45) is 0 Å². The molecule has 18 heavy (non-hydrogen) atoms. The van der Waals surface area contributed by atoms with E-state index in [9.17, 15) is 5.26 Å². The Morgan fingerprint density at radius 1 is 1.28 bits per heavy atom. The lowest BCUT2D eigenvalue weighted by Gasteiger charge is -2.01. The van der Waals surface area contributed by atoms with E-state index in [4.69, 9.17) is 4.74 Å². The highest BCUT2D eigenvalue weighted by Gasteiger charge is 2.02. The summed E-state index contributed by atoms with van der Waals surface area (Å²) in [7, 11) is 1.62. The molecule has 0 radical (unpaired) electrons. The van der Waals surface area contributed by atoms with Crippen molar-refractivity contribution in [1.82, 2.24) is 4.98 Å². The summed E-state index contributed by atoms with van der Waals surface area (Å²) in [5.41, 5.74) is 2.11. The van der Waals surface area contributed by atoms with Gasteiger partial charge in [0.1, 0.15) is 11.8 Å². The molecule has 3 heteroatoms. The second kappa shape index (κ2) is 5.65. The molecular weight excluding hydrogens is 224 g/mol. The second-order valence-electron chi connectivity index (χ2n) is 3.66. The van der Waals surface area contributed by atoms with E-state index < -0.39 is 0 Å². The van der Waals surface area contributed by atoms with E-state index in [-0.39, 0.29) is 0 Å². The number of benzene rings is 1. The molecule has 0 N–H and O–H groups in total. The molecule has 0 saturated carbocycles. The Balaban J connectivity index is 2.39. The summed E-state index contributed by atoms with van der Waals surface area (Å²) in [6, 6.07) is 15.2. The molecule has 0 aliphatic heterocycles. The fourth-order valence-corrected chi connectivity index (χ4v) is 1.58. The van der Waals surface area contributed by atoms with Crippen LogP contribution in [0, 0.1) is 11.3 Å². The van der Waals surface area contributed by atoms with Gasteiger partial charge in [-0.25, -0.2) is 0 Å². The van der Waals surface area contributed by atoms with Crippen LogP contribution in [0.25, 0.3) is 11.6 Å². The Morgan fingerprint density at radius 2 is 2.17 bits per heavy atom. The Labute approximate surface area is 106 Å². The van der Waals surface area contributed by atoms with Gasteiger partial charge in [-0.1, -0.05) is 18.2 Å². The van der Waals surface area contributed by atoms with Crippen molar-refractivity contribution >= 4 is 11.6 Å². The average Bonchev–Trinajstić information content (AvgIpc) is 2.46. The molecular formula is C15H12N2O. The number of rotatable bonds is 3. The molecule has 2 aromatic rings. The smallest absolute Gasteiger partial charge is 0.119 e. The highest BCUT2D eigenvalue weighted by Crippen LogP contribution is 2.18. The average molecular weight is 236 g/mol. The van der Waals surface area contributed by atoms with Gasteiger partial charge in [0, 0.05) is 6.20 Å². The van der Waals surface area contributed by atoms with Gasteiger partial charge >= 0.3 is 0 Å². The molecule has 0 aliphatic carbocycles. The maximum absolute atomic E-state index is 9.18. The predicted molar refractivity (Wildman–Crippen MR) is 70.7 cm³/mol. The van der Waals surface area contributed by atoms with Crippen molar-refractivity contribution in [2.75, 3.05) is 7.11 Å². The van der Waals surface area contributed by atoms with Crippen molar-refractivity contribution < 1.29 is 4.74 Å². The van der Waals surface area contributed by atoms with Crippen LogP contribution in [0.3, 0.4) is 0 Å². The number of nitrogens with zero attached hydrogens (tertiary/aromatic N) is 2. The first-order valence-corrected chi connectivity index (χ1v) is 5.51. The molecule has 0 aliphatic rings. The normalized spacial score (nSPS) is 10.8. The maximum atomic E-state index is 9.18. The number of methoxy groups -OCH3 is 1. The Hall–Kier alpha value is -2.60. The minimum Gasteiger partial charge on any atom is -0.497 e. The van der Waals surface area contributed by atoms with Crippen LogP contribution in [0.5, 0.6) is 5.75 Å². The third-order valence-electron chi connectivity index (χ3n) is 2.47. The zero-order valence-corrected chi connectivity index (χ0v) is 10.00. The van der Waals surface area contributed by atoms with Gasteiger partial charge in [-0.15, -0.1) is 0 Å². The maximum Gasteiger partial charge on any atom is 0.119 e.